The van der Waals surface area contributed by atoms with Crippen molar-refractivity contribution in [2.75, 3.05) is 20.2 Å². The van der Waals surface area contributed by atoms with Gasteiger partial charge in [-0.25, -0.2) is 0 Å². The Labute approximate surface area is 154 Å². The molecule has 2 aromatic rings. The molecule has 136 valence electrons. The number of carbonyl (C=O) groups excluding carboxylic acids is 2. The molecule has 0 saturated carbocycles. The fourth-order valence-corrected chi connectivity index (χ4v) is 3.18. The third kappa shape index (κ3) is 3.57. The molecule has 0 aliphatic carbocycles. The second kappa shape index (κ2) is 7.60. The Balaban J connectivity index is 1.90. The van der Waals surface area contributed by atoms with Crippen molar-refractivity contribution in [3.8, 4) is 5.75 Å². The molecule has 1 unspecified atom stereocenters. The minimum absolute atomic E-state index is 0.143. The number of nitrogens with one attached hydrogen (secondary N) is 1. The summed E-state index contributed by atoms with van der Waals surface area (Å²) in [6.07, 6.45) is 0. The lowest BCUT2D eigenvalue weighted by atomic mass is 9.96. The van der Waals surface area contributed by atoms with E-state index in [1.165, 1.54) is 5.56 Å². The highest BCUT2D eigenvalue weighted by Crippen LogP contribution is 2.27. The fourth-order valence-electron chi connectivity index (χ4n) is 3.18. The van der Waals surface area contributed by atoms with Crippen molar-refractivity contribution in [1.82, 2.24) is 10.2 Å². The highest BCUT2D eigenvalue weighted by molar-refractivity contribution is 5.98. The molecule has 0 radical (unpaired) electrons. The number of carbonyl (C=O) groups is 2. The quantitative estimate of drug-likeness (QED) is 0.920. The van der Waals surface area contributed by atoms with Gasteiger partial charge < -0.3 is 15.0 Å². The molecule has 0 aromatic heterocycles. The van der Waals surface area contributed by atoms with E-state index in [2.05, 4.69) is 19.2 Å². The summed E-state index contributed by atoms with van der Waals surface area (Å²) in [5.74, 6) is 0.816. The summed E-state index contributed by atoms with van der Waals surface area (Å²) < 4.78 is 5.14. The molecule has 1 N–H and O–H groups in total. The Morgan fingerprint density at radius 3 is 2.35 bits per heavy atom. The van der Waals surface area contributed by atoms with Crippen molar-refractivity contribution >= 4 is 11.8 Å². The van der Waals surface area contributed by atoms with E-state index in [0.29, 0.717) is 30.3 Å². The number of methoxy groups -OCH3 is 1. The van der Waals surface area contributed by atoms with Gasteiger partial charge in [0.1, 0.15) is 11.8 Å². The molecule has 1 fully saturated rings. The van der Waals surface area contributed by atoms with Gasteiger partial charge in [0, 0.05) is 18.7 Å². The van der Waals surface area contributed by atoms with Gasteiger partial charge in [-0.3, -0.25) is 9.59 Å². The van der Waals surface area contributed by atoms with Crippen LogP contribution in [-0.4, -0.2) is 36.9 Å². The van der Waals surface area contributed by atoms with Gasteiger partial charge in [-0.2, -0.15) is 0 Å². The molecule has 0 bridgehead atoms. The van der Waals surface area contributed by atoms with Crippen LogP contribution in [0.2, 0.25) is 0 Å². The monoisotopic (exact) mass is 352 g/mol. The number of benzene rings is 2. The Hall–Kier alpha value is -2.82. The van der Waals surface area contributed by atoms with E-state index >= 15 is 0 Å². The van der Waals surface area contributed by atoms with Gasteiger partial charge in [-0.05, 0) is 41.3 Å². The van der Waals surface area contributed by atoms with E-state index in [1.807, 2.05) is 24.3 Å². The van der Waals surface area contributed by atoms with Crippen LogP contribution in [0.25, 0.3) is 0 Å². The van der Waals surface area contributed by atoms with E-state index in [4.69, 9.17) is 4.74 Å². The Kier molecular flexibility index (Phi) is 5.26. The van der Waals surface area contributed by atoms with Gasteiger partial charge in [-0.1, -0.05) is 38.1 Å². The average Bonchev–Trinajstić information content (AvgIpc) is 2.67. The number of hydrogen-bond acceptors (Lipinski definition) is 3. The third-order valence-corrected chi connectivity index (χ3v) is 4.73. The summed E-state index contributed by atoms with van der Waals surface area (Å²) in [6.45, 7) is 5.19. The Bertz CT molecular complexity index is 782. The zero-order valence-corrected chi connectivity index (χ0v) is 15.4. The predicted molar refractivity (Wildman–Crippen MR) is 100 cm³/mol. The second-order valence-corrected chi connectivity index (χ2v) is 6.74. The molecule has 3 rings (SSSR count). The first-order valence-electron chi connectivity index (χ1n) is 8.84. The van der Waals surface area contributed by atoms with Crippen LogP contribution in [0.3, 0.4) is 0 Å². The van der Waals surface area contributed by atoms with Crippen molar-refractivity contribution < 1.29 is 14.3 Å². The van der Waals surface area contributed by atoms with Gasteiger partial charge in [0.25, 0.3) is 5.91 Å². The third-order valence-electron chi connectivity index (χ3n) is 4.73. The number of piperazine rings is 1. The molecule has 1 aliphatic heterocycles. The molecule has 1 atom stereocenters. The van der Waals surface area contributed by atoms with Crippen molar-refractivity contribution in [2.45, 2.75) is 25.8 Å². The summed E-state index contributed by atoms with van der Waals surface area (Å²) >= 11 is 0. The highest BCUT2D eigenvalue weighted by atomic mass is 16.5. The summed E-state index contributed by atoms with van der Waals surface area (Å²) in [6, 6.07) is 14.3. The zero-order valence-electron chi connectivity index (χ0n) is 15.4. The van der Waals surface area contributed by atoms with Crippen molar-refractivity contribution in [2.24, 2.45) is 0 Å². The first-order chi connectivity index (χ1) is 12.5. The topological polar surface area (TPSA) is 58.6 Å². The minimum Gasteiger partial charge on any atom is -0.497 e. The van der Waals surface area contributed by atoms with Crippen LogP contribution < -0.4 is 10.1 Å². The van der Waals surface area contributed by atoms with Crippen LogP contribution in [0.15, 0.2) is 48.5 Å². The van der Waals surface area contributed by atoms with E-state index in [1.54, 1.807) is 36.3 Å². The molecular weight excluding hydrogens is 328 g/mol. The van der Waals surface area contributed by atoms with E-state index in [9.17, 15) is 9.59 Å². The van der Waals surface area contributed by atoms with Gasteiger partial charge in [0.15, 0.2) is 0 Å². The maximum absolute atomic E-state index is 13.0. The van der Waals surface area contributed by atoms with Crippen LogP contribution >= 0.6 is 0 Å². The summed E-state index contributed by atoms with van der Waals surface area (Å²) in [5.41, 5.74) is 2.58. The van der Waals surface area contributed by atoms with E-state index < -0.39 is 6.04 Å². The van der Waals surface area contributed by atoms with Crippen molar-refractivity contribution in [3.05, 3.63) is 65.2 Å². The number of ether oxygens (including phenoxy) is 1. The van der Waals surface area contributed by atoms with Gasteiger partial charge in [0.2, 0.25) is 5.91 Å². The zero-order chi connectivity index (χ0) is 18.7. The SMILES string of the molecule is COc1ccc(C(=O)N2CCNC(=O)C2c2ccc(C(C)C)cc2)cc1. The maximum atomic E-state index is 13.0. The number of rotatable bonds is 4. The van der Waals surface area contributed by atoms with Crippen LogP contribution in [0.5, 0.6) is 5.75 Å². The molecule has 2 amide bonds. The lowest BCUT2D eigenvalue weighted by Gasteiger charge is -2.35. The molecule has 5 nitrogen and oxygen atoms in total. The lowest BCUT2D eigenvalue weighted by Crippen LogP contribution is -2.52. The maximum Gasteiger partial charge on any atom is 0.254 e. The molecule has 0 spiro atoms. The Morgan fingerprint density at radius 1 is 1.12 bits per heavy atom. The molecule has 2 aromatic carbocycles. The minimum atomic E-state index is -0.612. The summed E-state index contributed by atoms with van der Waals surface area (Å²) in [4.78, 5) is 27.2. The largest absolute Gasteiger partial charge is 0.497 e. The first kappa shape index (κ1) is 18.0. The van der Waals surface area contributed by atoms with E-state index in [-0.39, 0.29) is 11.8 Å². The van der Waals surface area contributed by atoms with Crippen LogP contribution in [0, 0.1) is 0 Å². The van der Waals surface area contributed by atoms with Gasteiger partial charge in [-0.15, -0.1) is 0 Å². The summed E-state index contributed by atoms with van der Waals surface area (Å²) in [5, 5.41) is 2.87. The predicted octanol–water partition coefficient (Wildman–Crippen LogP) is 3.13. The van der Waals surface area contributed by atoms with Crippen LogP contribution in [0.4, 0.5) is 0 Å². The smallest absolute Gasteiger partial charge is 0.254 e. The molecule has 1 heterocycles. The van der Waals surface area contributed by atoms with Crippen LogP contribution in [-0.2, 0) is 4.79 Å². The number of nitrogens with zero attached hydrogens (tertiary/aromatic N) is 1. The molecule has 1 saturated heterocycles. The fraction of sp³-hybridized carbons (Fsp3) is 0.333. The average molecular weight is 352 g/mol. The van der Waals surface area contributed by atoms with Crippen molar-refractivity contribution in [1.29, 1.82) is 0 Å². The molecule has 26 heavy (non-hydrogen) atoms. The number of hydrogen-bond donors (Lipinski definition) is 1. The van der Waals surface area contributed by atoms with Crippen LogP contribution in [0.1, 0.15) is 47.3 Å². The Morgan fingerprint density at radius 2 is 1.77 bits per heavy atom. The standard InChI is InChI=1S/C21H24N2O3/c1-14(2)15-4-6-16(7-5-15)19-20(24)22-12-13-23(19)21(25)17-8-10-18(26-3)11-9-17/h4-11,14,19H,12-13H2,1-3H3,(H,22,24). The first-order valence-corrected chi connectivity index (χ1v) is 8.84. The lowest BCUT2D eigenvalue weighted by molar-refractivity contribution is -0.128. The summed E-state index contributed by atoms with van der Waals surface area (Å²) in [7, 11) is 1.59. The molecule has 1 aliphatic rings. The molecule has 5 heteroatoms. The van der Waals surface area contributed by atoms with Crippen molar-refractivity contribution in [3.63, 3.8) is 0 Å². The normalized spacial score (nSPS) is 17.2. The van der Waals surface area contributed by atoms with Gasteiger partial charge >= 0.3 is 0 Å². The second-order valence-electron chi connectivity index (χ2n) is 6.74. The van der Waals surface area contributed by atoms with E-state index in [0.717, 1.165) is 5.56 Å². The highest BCUT2D eigenvalue weighted by Gasteiger charge is 2.34. The molecular formula is C21H24N2O3. The van der Waals surface area contributed by atoms with Gasteiger partial charge in [0.05, 0.1) is 7.11 Å². The number of amides is 2.